The third-order valence-electron chi connectivity index (χ3n) is 6.88. The van der Waals surface area contributed by atoms with E-state index in [0.717, 1.165) is 27.7 Å². The van der Waals surface area contributed by atoms with E-state index in [1.165, 1.54) is 11.1 Å². The van der Waals surface area contributed by atoms with Gasteiger partial charge < -0.3 is 15.0 Å². The van der Waals surface area contributed by atoms with Gasteiger partial charge in [-0.15, -0.1) is 0 Å². The lowest BCUT2D eigenvalue weighted by atomic mass is 9.86. The number of fused-ring (bicyclic) bond motifs is 2. The van der Waals surface area contributed by atoms with Crippen molar-refractivity contribution in [2.45, 2.75) is 39.3 Å². The monoisotopic (exact) mass is 541 g/mol. The van der Waals surface area contributed by atoms with Gasteiger partial charge in [0.2, 0.25) is 0 Å². The number of nitrogens with zero attached hydrogens (tertiary/aromatic N) is 5. The van der Waals surface area contributed by atoms with Crippen molar-refractivity contribution in [3.63, 3.8) is 0 Å². The van der Waals surface area contributed by atoms with E-state index in [1.54, 1.807) is 23.9 Å². The van der Waals surface area contributed by atoms with E-state index < -0.39 is 5.41 Å². The van der Waals surface area contributed by atoms with Crippen LogP contribution in [0.1, 0.15) is 48.0 Å². The summed E-state index contributed by atoms with van der Waals surface area (Å²) in [5, 5.41) is 15.6. The number of hydrogen-bond donors (Lipinski definition) is 2. The maximum Gasteiger partial charge on any atom is 0.276 e. The van der Waals surface area contributed by atoms with E-state index in [2.05, 4.69) is 47.3 Å². The molecule has 0 bridgehead atoms. The standard InChI is InChI=1S/C29H28ClN7O2/c1-29(2,3)25-26(28(38)33-21-6-5-7-22(11-21)39-4)35-37-23(19-13-31-32-14-19)12-24(34-27(25)37)36-15-17-8-9-20(30)10-18(17)16-36/h5-14H,15-16H2,1-4H3,(H,31,32)(H,33,38). The number of anilines is 2. The van der Waals surface area contributed by atoms with E-state index >= 15 is 0 Å². The lowest BCUT2D eigenvalue weighted by Gasteiger charge is -2.21. The van der Waals surface area contributed by atoms with Crippen LogP contribution in [-0.4, -0.2) is 37.8 Å². The Labute approximate surface area is 230 Å². The molecular formula is C29H28ClN7O2. The summed E-state index contributed by atoms with van der Waals surface area (Å²) in [5.74, 6) is 1.12. The van der Waals surface area contributed by atoms with Gasteiger partial charge in [0.1, 0.15) is 11.6 Å². The molecule has 2 aromatic carbocycles. The number of aromatic amines is 1. The van der Waals surface area contributed by atoms with Gasteiger partial charge in [0.25, 0.3) is 5.91 Å². The summed E-state index contributed by atoms with van der Waals surface area (Å²) < 4.78 is 7.06. The highest BCUT2D eigenvalue weighted by Gasteiger charge is 2.32. The topological polar surface area (TPSA) is 100 Å². The van der Waals surface area contributed by atoms with Crippen LogP contribution in [0.15, 0.2) is 60.9 Å². The molecule has 0 aliphatic carbocycles. The van der Waals surface area contributed by atoms with E-state index in [1.807, 2.05) is 42.6 Å². The van der Waals surface area contributed by atoms with Crippen molar-refractivity contribution in [3.05, 3.63) is 88.3 Å². The lowest BCUT2D eigenvalue weighted by molar-refractivity contribution is 0.102. The number of carbonyl (C=O) groups excluding carboxylic acids is 1. The van der Waals surface area contributed by atoms with Crippen molar-refractivity contribution in [1.82, 2.24) is 24.8 Å². The Morgan fingerprint density at radius 1 is 1.10 bits per heavy atom. The molecule has 0 atom stereocenters. The molecule has 2 N–H and O–H groups in total. The molecule has 5 aromatic rings. The molecule has 1 amide bonds. The molecule has 4 heterocycles. The zero-order valence-electron chi connectivity index (χ0n) is 22.1. The Bertz CT molecular complexity index is 1700. The van der Waals surface area contributed by atoms with Crippen LogP contribution in [0.25, 0.3) is 16.9 Å². The van der Waals surface area contributed by atoms with Crippen molar-refractivity contribution < 1.29 is 9.53 Å². The largest absolute Gasteiger partial charge is 0.497 e. The molecule has 0 unspecified atom stereocenters. The number of aromatic nitrogens is 5. The normalized spacial score (nSPS) is 13.1. The first-order chi connectivity index (χ1) is 18.7. The van der Waals surface area contributed by atoms with Gasteiger partial charge in [0.15, 0.2) is 11.3 Å². The van der Waals surface area contributed by atoms with E-state index in [-0.39, 0.29) is 5.91 Å². The number of benzene rings is 2. The second kappa shape index (κ2) is 9.43. The van der Waals surface area contributed by atoms with Crippen LogP contribution in [0.2, 0.25) is 5.02 Å². The zero-order valence-corrected chi connectivity index (χ0v) is 22.9. The minimum absolute atomic E-state index is 0.316. The quantitative estimate of drug-likeness (QED) is 0.289. The molecular weight excluding hydrogens is 514 g/mol. The van der Waals surface area contributed by atoms with Gasteiger partial charge in [-0.25, -0.2) is 9.50 Å². The van der Waals surface area contributed by atoms with Crippen molar-refractivity contribution in [1.29, 1.82) is 0 Å². The molecule has 3 aromatic heterocycles. The predicted molar refractivity (Wildman–Crippen MR) is 152 cm³/mol. The summed E-state index contributed by atoms with van der Waals surface area (Å²) in [7, 11) is 1.59. The maximum absolute atomic E-state index is 13.7. The summed E-state index contributed by atoms with van der Waals surface area (Å²) in [5.41, 5.74) is 5.91. The van der Waals surface area contributed by atoms with Crippen molar-refractivity contribution in [2.24, 2.45) is 0 Å². The Kier molecular flexibility index (Phi) is 6.03. The van der Waals surface area contributed by atoms with E-state index in [0.29, 0.717) is 35.9 Å². The summed E-state index contributed by atoms with van der Waals surface area (Å²) >= 11 is 6.27. The molecule has 10 heteroatoms. The minimum atomic E-state index is -0.427. The zero-order chi connectivity index (χ0) is 27.3. The Morgan fingerprint density at radius 2 is 1.92 bits per heavy atom. The number of amides is 1. The average molecular weight is 542 g/mol. The third-order valence-corrected chi connectivity index (χ3v) is 7.11. The number of ether oxygens (including phenoxy) is 1. The van der Waals surface area contributed by atoms with E-state index in [9.17, 15) is 4.79 Å². The molecule has 198 valence electrons. The van der Waals surface area contributed by atoms with Crippen LogP contribution in [0.3, 0.4) is 0 Å². The van der Waals surface area contributed by atoms with Crippen molar-refractivity contribution in [3.8, 4) is 17.0 Å². The van der Waals surface area contributed by atoms with Crippen LogP contribution in [0, 0.1) is 0 Å². The van der Waals surface area contributed by atoms with Crippen molar-refractivity contribution >= 4 is 34.7 Å². The first-order valence-electron chi connectivity index (χ1n) is 12.6. The van der Waals surface area contributed by atoms with Gasteiger partial charge in [-0.1, -0.05) is 44.5 Å². The smallest absolute Gasteiger partial charge is 0.276 e. The Balaban J connectivity index is 1.50. The predicted octanol–water partition coefficient (Wildman–Crippen LogP) is 5.85. The molecule has 1 aliphatic heterocycles. The second-order valence-corrected chi connectivity index (χ2v) is 11.1. The maximum atomic E-state index is 13.7. The van der Waals surface area contributed by atoms with Crippen LogP contribution >= 0.6 is 11.6 Å². The Hall–Kier alpha value is -4.37. The molecule has 0 radical (unpaired) electrons. The summed E-state index contributed by atoms with van der Waals surface area (Å²) in [4.78, 5) is 21.0. The van der Waals surface area contributed by atoms with Gasteiger partial charge in [-0.05, 0) is 40.8 Å². The highest BCUT2D eigenvalue weighted by Crippen LogP contribution is 2.36. The SMILES string of the molecule is COc1cccc(NC(=O)c2nn3c(-c4cn[nH]c4)cc(N4Cc5ccc(Cl)cc5C4)nc3c2C(C)(C)C)c1. The molecule has 0 saturated carbocycles. The molecule has 0 spiro atoms. The van der Waals surface area contributed by atoms with Gasteiger partial charge in [0.05, 0.1) is 19.0 Å². The number of hydrogen-bond acceptors (Lipinski definition) is 6. The number of H-pyrrole nitrogens is 1. The van der Waals surface area contributed by atoms with Crippen molar-refractivity contribution in [2.75, 3.05) is 17.3 Å². The van der Waals surface area contributed by atoms with Gasteiger partial charge in [-0.3, -0.25) is 9.89 Å². The molecule has 1 aliphatic rings. The third kappa shape index (κ3) is 4.59. The van der Waals surface area contributed by atoms with Gasteiger partial charge in [0, 0.05) is 53.3 Å². The molecule has 6 rings (SSSR count). The summed E-state index contributed by atoms with van der Waals surface area (Å²) in [6.07, 6.45) is 3.55. The second-order valence-electron chi connectivity index (χ2n) is 10.7. The average Bonchev–Trinajstić information content (AvgIpc) is 3.65. The fourth-order valence-corrected chi connectivity index (χ4v) is 5.22. The van der Waals surface area contributed by atoms with Crippen LogP contribution in [0.5, 0.6) is 5.75 Å². The first kappa shape index (κ1) is 24.9. The highest BCUT2D eigenvalue weighted by atomic mass is 35.5. The van der Waals surface area contributed by atoms with Crippen LogP contribution in [-0.2, 0) is 18.5 Å². The minimum Gasteiger partial charge on any atom is -0.497 e. The lowest BCUT2D eigenvalue weighted by Crippen LogP contribution is -2.21. The number of rotatable bonds is 5. The van der Waals surface area contributed by atoms with Crippen LogP contribution in [0.4, 0.5) is 11.5 Å². The van der Waals surface area contributed by atoms with Gasteiger partial charge >= 0.3 is 0 Å². The molecule has 9 nitrogen and oxygen atoms in total. The summed E-state index contributed by atoms with van der Waals surface area (Å²) in [6, 6.07) is 15.2. The molecule has 39 heavy (non-hydrogen) atoms. The van der Waals surface area contributed by atoms with Crippen LogP contribution < -0.4 is 15.0 Å². The van der Waals surface area contributed by atoms with Gasteiger partial charge in [-0.2, -0.15) is 10.2 Å². The fourth-order valence-electron chi connectivity index (χ4n) is 5.03. The number of carbonyl (C=O) groups is 1. The fraction of sp³-hybridized carbons (Fsp3) is 0.241. The van der Waals surface area contributed by atoms with E-state index in [4.69, 9.17) is 26.4 Å². The molecule has 0 fully saturated rings. The number of halogens is 1. The number of methoxy groups -OCH3 is 1. The number of nitrogens with one attached hydrogen (secondary N) is 2. The highest BCUT2D eigenvalue weighted by molar-refractivity contribution is 6.30. The first-order valence-corrected chi connectivity index (χ1v) is 13.0. The summed E-state index contributed by atoms with van der Waals surface area (Å²) in [6.45, 7) is 7.58. The molecule has 0 saturated heterocycles. The Morgan fingerprint density at radius 3 is 2.67 bits per heavy atom.